The van der Waals surface area contributed by atoms with Crippen molar-refractivity contribution in [2.75, 3.05) is 17.2 Å². The molecular weight excluding hydrogens is 319 g/mol. The summed E-state index contributed by atoms with van der Waals surface area (Å²) in [6.45, 7) is 0.253. The highest BCUT2D eigenvalue weighted by Gasteiger charge is 2.30. The molecule has 0 fully saturated rings. The number of carbonyl (C=O) groups excluding carboxylic acids is 1. The lowest BCUT2D eigenvalue weighted by molar-refractivity contribution is -0.137. The molecule has 124 valence electrons. The van der Waals surface area contributed by atoms with E-state index in [1.165, 1.54) is 12.1 Å². The maximum atomic E-state index is 12.6. The Hall–Kier alpha value is -3.01. The third kappa shape index (κ3) is 4.74. The second kappa shape index (κ2) is 7.51. The Morgan fingerprint density at radius 1 is 1.12 bits per heavy atom. The Morgan fingerprint density at radius 3 is 2.58 bits per heavy atom. The average Bonchev–Trinajstić information content (AvgIpc) is 2.55. The van der Waals surface area contributed by atoms with Gasteiger partial charge in [-0.05, 0) is 30.3 Å². The van der Waals surface area contributed by atoms with Gasteiger partial charge in [-0.25, -0.2) is 0 Å². The number of alkyl halides is 3. The number of hydrogen-bond acceptors (Lipinski definition) is 3. The minimum Gasteiger partial charge on any atom is -0.383 e. The molecule has 4 nitrogen and oxygen atoms in total. The van der Waals surface area contributed by atoms with Gasteiger partial charge in [-0.2, -0.15) is 18.4 Å². The van der Waals surface area contributed by atoms with Crippen LogP contribution in [0, 0.1) is 11.3 Å². The van der Waals surface area contributed by atoms with Crippen LogP contribution in [0.5, 0.6) is 0 Å². The van der Waals surface area contributed by atoms with Crippen LogP contribution in [0.1, 0.15) is 17.5 Å². The number of halogens is 3. The smallest absolute Gasteiger partial charge is 0.383 e. The van der Waals surface area contributed by atoms with Crippen LogP contribution in [-0.2, 0) is 11.0 Å². The predicted molar refractivity (Wildman–Crippen MR) is 84.3 cm³/mol. The summed E-state index contributed by atoms with van der Waals surface area (Å²) < 4.78 is 37.9. The highest BCUT2D eigenvalue weighted by molar-refractivity contribution is 5.91. The van der Waals surface area contributed by atoms with E-state index in [9.17, 15) is 18.0 Å². The topological polar surface area (TPSA) is 64.9 Å². The molecule has 0 bridgehead atoms. The van der Waals surface area contributed by atoms with Crippen LogP contribution in [0.25, 0.3) is 0 Å². The number of amides is 1. The number of benzene rings is 2. The van der Waals surface area contributed by atoms with E-state index < -0.39 is 17.6 Å². The summed E-state index contributed by atoms with van der Waals surface area (Å²) in [5.74, 6) is -0.420. The molecule has 0 saturated heterocycles. The molecule has 0 saturated carbocycles. The molecule has 1 amide bonds. The number of nitrogens with zero attached hydrogens (tertiary/aromatic N) is 1. The number of carbonyl (C=O) groups is 1. The Bertz CT molecular complexity index is 766. The van der Waals surface area contributed by atoms with E-state index in [-0.39, 0.29) is 18.7 Å². The van der Waals surface area contributed by atoms with E-state index in [1.54, 1.807) is 24.3 Å². The molecule has 0 radical (unpaired) electrons. The highest BCUT2D eigenvalue weighted by atomic mass is 19.4. The molecule has 0 aliphatic rings. The number of nitrogens with one attached hydrogen (secondary N) is 2. The first kappa shape index (κ1) is 17.3. The second-order valence-corrected chi connectivity index (χ2v) is 4.96. The maximum absolute atomic E-state index is 12.6. The first-order valence-electron chi connectivity index (χ1n) is 7.10. The first-order valence-corrected chi connectivity index (χ1v) is 7.10. The van der Waals surface area contributed by atoms with Crippen molar-refractivity contribution in [2.45, 2.75) is 12.6 Å². The SMILES string of the molecule is N#Cc1ccccc1NCCC(=O)Nc1cccc(C(F)(F)F)c1. The van der Waals surface area contributed by atoms with Gasteiger partial charge in [0.15, 0.2) is 0 Å². The van der Waals surface area contributed by atoms with Gasteiger partial charge in [-0.1, -0.05) is 18.2 Å². The van der Waals surface area contributed by atoms with Crippen molar-refractivity contribution in [2.24, 2.45) is 0 Å². The number of rotatable bonds is 5. The Labute approximate surface area is 136 Å². The first-order chi connectivity index (χ1) is 11.4. The molecule has 0 aromatic heterocycles. The minimum absolute atomic E-state index is 0.0516. The predicted octanol–water partition coefficient (Wildman–Crippen LogP) is 4.02. The van der Waals surface area contributed by atoms with Gasteiger partial charge in [0.25, 0.3) is 0 Å². The van der Waals surface area contributed by atoms with Crippen LogP contribution in [0.15, 0.2) is 48.5 Å². The summed E-state index contributed by atoms with van der Waals surface area (Å²) in [4.78, 5) is 11.8. The van der Waals surface area contributed by atoms with Crippen molar-refractivity contribution in [3.05, 3.63) is 59.7 Å². The van der Waals surface area contributed by atoms with Crippen molar-refractivity contribution >= 4 is 17.3 Å². The third-order valence-electron chi connectivity index (χ3n) is 3.19. The summed E-state index contributed by atoms with van der Waals surface area (Å²) in [7, 11) is 0. The van der Waals surface area contributed by atoms with E-state index in [0.717, 1.165) is 12.1 Å². The maximum Gasteiger partial charge on any atom is 0.416 e. The highest BCUT2D eigenvalue weighted by Crippen LogP contribution is 2.30. The molecule has 0 spiro atoms. The average molecular weight is 333 g/mol. The van der Waals surface area contributed by atoms with Gasteiger partial charge in [-0.15, -0.1) is 0 Å². The lowest BCUT2D eigenvalue weighted by Gasteiger charge is -2.11. The minimum atomic E-state index is -4.46. The number of nitriles is 1. The van der Waals surface area contributed by atoms with Crippen molar-refractivity contribution in [1.29, 1.82) is 5.26 Å². The fourth-order valence-corrected chi connectivity index (χ4v) is 2.04. The molecule has 0 unspecified atom stereocenters. The molecule has 2 aromatic carbocycles. The van der Waals surface area contributed by atoms with E-state index >= 15 is 0 Å². The van der Waals surface area contributed by atoms with Gasteiger partial charge < -0.3 is 10.6 Å². The fourth-order valence-electron chi connectivity index (χ4n) is 2.04. The Morgan fingerprint density at radius 2 is 1.88 bits per heavy atom. The van der Waals surface area contributed by atoms with E-state index in [1.807, 2.05) is 6.07 Å². The van der Waals surface area contributed by atoms with Crippen LogP contribution in [0.4, 0.5) is 24.5 Å². The third-order valence-corrected chi connectivity index (χ3v) is 3.19. The number of anilines is 2. The van der Waals surface area contributed by atoms with Crippen molar-refractivity contribution < 1.29 is 18.0 Å². The number of hydrogen-bond donors (Lipinski definition) is 2. The second-order valence-electron chi connectivity index (χ2n) is 4.96. The molecule has 2 rings (SSSR count). The molecule has 0 aliphatic carbocycles. The molecule has 0 aliphatic heterocycles. The summed E-state index contributed by atoms with van der Waals surface area (Å²) in [5.41, 5.74) is 0.330. The van der Waals surface area contributed by atoms with Gasteiger partial charge in [0.05, 0.1) is 16.8 Å². The largest absolute Gasteiger partial charge is 0.416 e. The summed E-state index contributed by atoms with van der Waals surface area (Å²) in [5, 5.41) is 14.3. The van der Waals surface area contributed by atoms with Gasteiger partial charge in [0, 0.05) is 18.7 Å². The van der Waals surface area contributed by atoms with Crippen LogP contribution in [0.3, 0.4) is 0 Å². The monoisotopic (exact) mass is 333 g/mol. The zero-order valence-corrected chi connectivity index (χ0v) is 12.5. The molecule has 0 heterocycles. The lowest BCUT2D eigenvalue weighted by atomic mass is 10.2. The zero-order chi connectivity index (χ0) is 17.6. The van der Waals surface area contributed by atoms with Gasteiger partial charge in [0.1, 0.15) is 6.07 Å². The molecule has 2 N–H and O–H groups in total. The van der Waals surface area contributed by atoms with E-state index in [2.05, 4.69) is 10.6 Å². The van der Waals surface area contributed by atoms with Crippen LogP contribution < -0.4 is 10.6 Å². The normalized spacial score (nSPS) is 10.8. The van der Waals surface area contributed by atoms with Gasteiger partial charge >= 0.3 is 6.18 Å². The van der Waals surface area contributed by atoms with E-state index in [4.69, 9.17) is 5.26 Å². The molecule has 2 aromatic rings. The zero-order valence-electron chi connectivity index (χ0n) is 12.5. The fraction of sp³-hybridized carbons (Fsp3) is 0.176. The van der Waals surface area contributed by atoms with E-state index in [0.29, 0.717) is 11.3 Å². The molecule has 0 atom stereocenters. The van der Waals surface area contributed by atoms with Gasteiger partial charge in [-0.3, -0.25) is 4.79 Å². The molecule has 24 heavy (non-hydrogen) atoms. The summed E-state index contributed by atoms with van der Waals surface area (Å²) >= 11 is 0. The van der Waals surface area contributed by atoms with Crippen molar-refractivity contribution in [1.82, 2.24) is 0 Å². The molecular formula is C17H14F3N3O. The van der Waals surface area contributed by atoms with Crippen LogP contribution in [-0.4, -0.2) is 12.5 Å². The lowest BCUT2D eigenvalue weighted by Crippen LogP contribution is -2.17. The van der Waals surface area contributed by atoms with Crippen LogP contribution >= 0.6 is 0 Å². The van der Waals surface area contributed by atoms with Gasteiger partial charge in [0.2, 0.25) is 5.91 Å². The quantitative estimate of drug-likeness (QED) is 0.869. The Balaban J connectivity index is 1.89. The van der Waals surface area contributed by atoms with Crippen LogP contribution in [0.2, 0.25) is 0 Å². The summed E-state index contributed by atoms with van der Waals surface area (Å²) in [6.07, 6.45) is -4.40. The Kier molecular flexibility index (Phi) is 5.42. The van der Waals surface area contributed by atoms with Crippen molar-refractivity contribution in [3.8, 4) is 6.07 Å². The summed E-state index contributed by atoms with van der Waals surface area (Å²) in [6, 6.07) is 13.3. The standard InChI is InChI=1S/C17H14F3N3O/c18-17(19,20)13-5-3-6-14(10-13)23-16(24)8-9-22-15-7-2-1-4-12(15)11-21/h1-7,10,22H,8-9H2,(H,23,24). The molecule has 7 heteroatoms. The van der Waals surface area contributed by atoms with Crippen molar-refractivity contribution in [3.63, 3.8) is 0 Å². The number of para-hydroxylation sites is 1.